The van der Waals surface area contributed by atoms with Gasteiger partial charge in [0.15, 0.2) is 0 Å². The number of rotatable bonds is 3. The summed E-state index contributed by atoms with van der Waals surface area (Å²) in [4.78, 5) is 21.9. The topological polar surface area (TPSA) is 69.6 Å². The Labute approximate surface area is 96.8 Å². The van der Waals surface area contributed by atoms with Gasteiger partial charge in [-0.2, -0.15) is 0 Å². The van der Waals surface area contributed by atoms with Gasteiger partial charge < -0.3 is 5.11 Å². The van der Waals surface area contributed by atoms with E-state index >= 15 is 0 Å². The summed E-state index contributed by atoms with van der Waals surface area (Å²) in [5.74, 6) is -1.82. The average Bonchev–Trinajstić information content (AvgIpc) is 2.59. The summed E-state index contributed by atoms with van der Waals surface area (Å²) in [5.41, 5.74) is 2.73. The highest BCUT2D eigenvalue weighted by molar-refractivity contribution is 5.79. The predicted octanol–water partition coefficient (Wildman–Crippen LogP) is 0.688. The highest BCUT2D eigenvalue weighted by Crippen LogP contribution is 2.28. The van der Waals surface area contributed by atoms with Gasteiger partial charge in [0.1, 0.15) is 12.4 Å². The maximum absolute atomic E-state index is 13.6. The van der Waals surface area contributed by atoms with E-state index in [9.17, 15) is 14.0 Å². The number of carbonyl (C=O) groups is 2. The summed E-state index contributed by atoms with van der Waals surface area (Å²) in [5, 5.41) is 9.95. The standard InChI is InChI=1S/C11H11FN2O3/c12-8-4-2-1-3-7(8)9-5-10(15)13-14(9)6-11(16)17/h1-4,9H,5-6H2,(H,13,15)(H,16,17). The van der Waals surface area contributed by atoms with Crippen molar-refractivity contribution in [3.8, 4) is 0 Å². The first-order chi connectivity index (χ1) is 8.08. The number of nitrogens with zero attached hydrogens (tertiary/aromatic N) is 1. The Hall–Kier alpha value is -1.95. The van der Waals surface area contributed by atoms with E-state index in [0.717, 1.165) is 0 Å². The lowest BCUT2D eigenvalue weighted by Gasteiger charge is -2.21. The van der Waals surface area contributed by atoms with Crippen LogP contribution in [0.1, 0.15) is 18.0 Å². The van der Waals surface area contributed by atoms with Gasteiger partial charge in [-0.3, -0.25) is 15.0 Å². The zero-order valence-corrected chi connectivity index (χ0v) is 8.89. The van der Waals surface area contributed by atoms with Gasteiger partial charge in [0, 0.05) is 12.0 Å². The molecule has 17 heavy (non-hydrogen) atoms. The molecular weight excluding hydrogens is 227 g/mol. The summed E-state index contributed by atoms with van der Waals surface area (Å²) in [6.07, 6.45) is 0.0637. The Bertz CT molecular complexity index is 464. The zero-order valence-electron chi connectivity index (χ0n) is 8.89. The van der Waals surface area contributed by atoms with Gasteiger partial charge in [0.2, 0.25) is 5.91 Å². The van der Waals surface area contributed by atoms with E-state index < -0.39 is 17.8 Å². The summed E-state index contributed by atoms with van der Waals surface area (Å²) < 4.78 is 13.6. The van der Waals surface area contributed by atoms with E-state index in [1.807, 2.05) is 0 Å². The van der Waals surface area contributed by atoms with Gasteiger partial charge >= 0.3 is 5.97 Å². The zero-order chi connectivity index (χ0) is 12.4. The van der Waals surface area contributed by atoms with Crippen molar-refractivity contribution in [2.75, 3.05) is 6.54 Å². The van der Waals surface area contributed by atoms with E-state index in [2.05, 4.69) is 5.43 Å². The average molecular weight is 238 g/mol. The number of hydrogen-bond donors (Lipinski definition) is 2. The lowest BCUT2D eigenvalue weighted by Crippen LogP contribution is -2.38. The fourth-order valence-electron chi connectivity index (χ4n) is 1.89. The summed E-state index contributed by atoms with van der Waals surface area (Å²) in [7, 11) is 0. The molecule has 0 saturated carbocycles. The maximum Gasteiger partial charge on any atom is 0.319 e. The monoisotopic (exact) mass is 238 g/mol. The first kappa shape index (κ1) is 11.5. The highest BCUT2D eigenvalue weighted by Gasteiger charge is 2.34. The molecule has 2 rings (SSSR count). The molecule has 6 heteroatoms. The van der Waals surface area contributed by atoms with Gasteiger partial charge in [0.05, 0.1) is 6.04 Å². The smallest absolute Gasteiger partial charge is 0.319 e. The molecule has 1 aromatic carbocycles. The Morgan fingerprint density at radius 3 is 2.88 bits per heavy atom. The van der Waals surface area contributed by atoms with Crippen LogP contribution in [0.3, 0.4) is 0 Å². The number of benzene rings is 1. The molecule has 1 atom stereocenters. The molecule has 1 unspecified atom stereocenters. The number of halogens is 1. The molecule has 1 aliphatic rings. The number of nitrogens with one attached hydrogen (secondary N) is 1. The van der Waals surface area contributed by atoms with Crippen molar-refractivity contribution in [3.05, 3.63) is 35.6 Å². The maximum atomic E-state index is 13.6. The SMILES string of the molecule is O=C(O)CN1NC(=O)CC1c1ccccc1F. The van der Waals surface area contributed by atoms with Crippen molar-refractivity contribution in [2.24, 2.45) is 0 Å². The third-order valence-corrected chi connectivity index (χ3v) is 2.59. The lowest BCUT2D eigenvalue weighted by atomic mass is 10.0. The molecule has 0 radical (unpaired) electrons. The molecular formula is C11H11FN2O3. The number of aliphatic carboxylic acids is 1. The van der Waals surface area contributed by atoms with Crippen LogP contribution < -0.4 is 5.43 Å². The van der Waals surface area contributed by atoms with E-state index in [1.165, 1.54) is 11.1 Å². The van der Waals surface area contributed by atoms with Gasteiger partial charge in [-0.25, -0.2) is 9.40 Å². The molecule has 1 saturated heterocycles. The fourth-order valence-corrected chi connectivity index (χ4v) is 1.89. The first-order valence-corrected chi connectivity index (χ1v) is 5.10. The number of carboxylic acid groups (broad SMARTS) is 1. The number of carboxylic acids is 1. The van der Waals surface area contributed by atoms with Crippen molar-refractivity contribution in [3.63, 3.8) is 0 Å². The van der Waals surface area contributed by atoms with Crippen LogP contribution in [0, 0.1) is 5.82 Å². The van der Waals surface area contributed by atoms with E-state index in [4.69, 9.17) is 5.11 Å². The molecule has 5 nitrogen and oxygen atoms in total. The van der Waals surface area contributed by atoms with Gasteiger partial charge in [-0.05, 0) is 6.07 Å². The second kappa shape index (κ2) is 4.50. The molecule has 90 valence electrons. The number of hydrogen-bond acceptors (Lipinski definition) is 3. The molecule has 1 fully saturated rings. The van der Waals surface area contributed by atoms with Crippen molar-refractivity contribution >= 4 is 11.9 Å². The third kappa shape index (κ3) is 2.42. The first-order valence-electron chi connectivity index (χ1n) is 5.10. The Kier molecular flexibility index (Phi) is 3.06. The summed E-state index contributed by atoms with van der Waals surface area (Å²) in [6.45, 7) is -0.356. The molecule has 0 spiro atoms. The molecule has 0 aromatic heterocycles. The molecule has 1 heterocycles. The molecule has 2 N–H and O–H groups in total. The van der Waals surface area contributed by atoms with Crippen LogP contribution in [0.5, 0.6) is 0 Å². The van der Waals surface area contributed by atoms with Crippen LogP contribution in [0.15, 0.2) is 24.3 Å². The Morgan fingerprint density at radius 2 is 2.24 bits per heavy atom. The number of hydrazine groups is 1. The predicted molar refractivity (Wildman–Crippen MR) is 56.2 cm³/mol. The van der Waals surface area contributed by atoms with E-state index in [1.54, 1.807) is 18.2 Å². The van der Waals surface area contributed by atoms with Crippen LogP contribution in [-0.2, 0) is 9.59 Å². The molecule has 1 amide bonds. The molecule has 1 aromatic rings. The van der Waals surface area contributed by atoms with Crippen LogP contribution in [0.4, 0.5) is 4.39 Å². The molecule has 0 aliphatic carbocycles. The minimum atomic E-state index is -1.08. The summed E-state index contributed by atoms with van der Waals surface area (Å²) in [6, 6.07) is 5.47. The third-order valence-electron chi connectivity index (χ3n) is 2.59. The fraction of sp³-hybridized carbons (Fsp3) is 0.273. The van der Waals surface area contributed by atoms with E-state index in [-0.39, 0.29) is 18.9 Å². The summed E-state index contributed by atoms with van der Waals surface area (Å²) >= 11 is 0. The second-order valence-electron chi connectivity index (χ2n) is 3.80. The van der Waals surface area contributed by atoms with Crippen molar-refractivity contribution < 1.29 is 19.1 Å². The Morgan fingerprint density at radius 1 is 1.53 bits per heavy atom. The van der Waals surface area contributed by atoms with Crippen molar-refractivity contribution in [1.29, 1.82) is 0 Å². The van der Waals surface area contributed by atoms with Gasteiger partial charge in [-0.1, -0.05) is 18.2 Å². The van der Waals surface area contributed by atoms with Crippen LogP contribution in [-0.4, -0.2) is 28.5 Å². The lowest BCUT2D eigenvalue weighted by molar-refractivity contribution is -0.139. The largest absolute Gasteiger partial charge is 0.480 e. The Balaban J connectivity index is 2.27. The second-order valence-corrected chi connectivity index (χ2v) is 3.80. The number of carbonyl (C=O) groups excluding carboxylic acids is 1. The molecule has 1 aliphatic heterocycles. The highest BCUT2D eigenvalue weighted by atomic mass is 19.1. The minimum Gasteiger partial charge on any atom is -0.480 e. The van der Waals surface area contributed by atoms with Crippen LogP contribution in [0.2, 0.25) is 0 Å². The normalized spacial score (nSPS) is 20.3. The van der Waals surface area contributed by atoms with Gasteiger partial charge in [0.25, 0.3) is 0 Å². The van der Waals surface area contributed by atoms with Crippen molar-refractivity contribution in [2.45, 2.75) is 12.5 Å². The quantitative estimate of drug-likeness (QED) is 0.812. The minimum absolute atomic E-state index is 0.0637. The molecule has 0 bridgehead atoms. The van der Waals surface area contributed by atoms with Gasteiger partial charge in [-0.15, -0.1) is 0 Å². The number of amides is 1. The van der Waals surface area contributed by atoms with Crippen LogP contribution >= 0.6 is 0 Å². The van der Waals surface area contributed by atoms with E-state index in [0.29, 0.717) is 5.56 Å². The van der Waals surface area contributed by atoms with Crippen LogP contribution in [0.25, 0.3) is 0 Å². The van der Waals surface area contributed by atoms with Crippen molar-refractivity contribution in [1.82, 2.24) is 10.4 Å².